The van der Waals surface area contributed by atoms with Gasteiger partial charge in [0.2, 0.25) is 5.91 Å². The average Bonchev–Trinajstić information content (AvgIpc) is 2.54. The maximum absolute atomic E-state index is 12.3. The summed E-state index contributed by atoms with van der Waals surface area (Å²) in [6.45, 7) is 7.73. The van der Waals surface area contributed by atoms with Crippen LogP contribution in [0.2, 0.25) is 0 Å². The van der Waals surface area contributed by atoms with Crippen LogP contribution in [-0.2, 0) is 4.79 Å². The molecule has 1 fully saturated rings. The lowest BCUT2D eigenvalue weighted by Crippen LogP contribution is -2.54. The van der Waals surface area contributed by atoms with Crippen LogP contribution in [0, 0.1) is 5.41 Å². The van der Waals surface area contributed by atoms with E-state index in [1.54, 1.807) is 24.3 Å². The van der Waals surface area contributed by atoms with Crippen molar-refractivity contribution in [1.82, 2.24) is 4.90 Å². The second-order valence-corrected chi connectivity index (χ2v) is 7.23. The molecule has 0 saturated carbocycles. The van der Waals surface area contributed by atoms with Gasteiger partial charge in [-0.05, 0) is 49.4 Å². The van der Waals surface area contributed by atoms with E-state index >= 15 is 0 Å². The first kappa shape index (κ1) is 21.5. The lowest BCUT2D eigenvalue weighted by Gasteiger charge is -2.42. The molecule has 6 heteroatoms. The van der Waals surface area contributed by atoms with Crippen molar-refractivity contribution in [2.24, 2.45) is 11.1 Å². The number of amides is 1. The van der Waals surface area contributed by atoms with Crippen LogP contribution < -0.4 is 10.5 Å². The second-order valence-electron chi connectivity index (χ2n) is 7.23. The number of Topliss-reactive ketones (excluding diaryl/α,β-unsaturated/α-hetero) is 1. The Morgan fingerprint density at radius 3 is 2.48 bits per heavy atom. The normalized spacial score (nSPS) is 19.0. The predicted octanol–water partition coefficient (Wildman–Crippen LogP) is 3.06. The van der Waals surface area contributed by atoms with Gasteiger partial charge in [-0.25, -0.2) is 0 Å². The van der Waals surface area contributed by atoms with E-state index in [9.17, 15) is 9.59 Å². The Hall–Kier alpha value is -1.59. The third-order valence-corrected chi connectivity index (χ3v) is 4.73. The van der Waals surface area contributed by atoms with Gasteiger partial charge < -0.3 is 15.4 Å². The lowest BCUT2D eigenvalue weighted by atomic mass is 9.79. The van der Waals surface area contributed by atoms with E-state index in [-0.39, 0.29) is 35.6 Å². The first-order chi connectivity index (χ1) is 11.3. The number of rotatable bonds is 6. The Kier molecular flexibility index (Phi) is 7.90. The smallest absolute Gasteiger partial charge is 0.222 e. The average molecular weight is 369 g/mol. The maximum atomic E-state index is 12.3. The molecule has 1 aromatic carbocycles. The van der Waals surface area contributed by atoms with Gasteiger partial charge in [-0.1, -0.05) is 13.8 Å². The summed E-state index contributed by atoms with van der Waals surface area (Å²) < 4.78 is 5.63. The van der Waals surface area contributed by atoms with Gasteiger partial charge in [0.1, 0.15) is 5.75 Å². The molecule has 0 radical (unpaired) electrons. The van der Waals surface area contributed by atoms with Crippen LogP contribution in [0.4, 0.5) is 0 Å². The zero-order chi connectivity index (χ0) is 17.7. The van der Waals surface area contributed by atoms with Gasteiger partial charge in [0, 0.05) is 31.1 Å². The number of hydrogen-bond donors (Lipinski definition) is 1. The van der Waals surface area contributed by atoms with Crippen LogP contribution in [0.5, 0.6) is 5.75 Å². The summed E-state index contributed by atoms with van der Waals surface area (Å²) in [4.78, 5) is 25.5. The number of carbonyl (C=O) groups excluding carboxylic acids is 2. The monoisotopic (exact) mass is 368 g/mol. The quantitative estimate of drug-likeness (QED) is 0.618. The zero-order valence-corrected chi connectivity index (χ0v) is 16.1. The molecule has 140 valence electrons. The molecule has 1 atom stereocenters. The molecule has 0 aromatic heterocycles. The summed E-state index contributed by atoms with van der Waals surface area (Å²) in [6.07, 6.45) is 2.02. The SMILES string of the molecule is CC(=O)c1ccc(OCCCC(=O)N2CCC(N)C(C)(C)C2)cc1.Cl. The molecule has 1 heterocycles. The van der Waals surface area contributed by atoms with Crippen molar-refractivity contribution < 1.29 is 14.3 Å². The Morgan fingerprint density at radius 2 is 1.92 bits per heavy atom. The van der Waals surface area contributed by atoms with Crippen LogP contribution in [-0.4, -0.2) is 42.3 Å². The van der Waals surface area contributed by atoms with E-state index in [1.807, 2.05) is 4.90 Å². The molecule has 0 aliphatic carbocycles. The number of likely N-dealkylation sites (tertiary alicyclic amines) is 1. The minimum absolute atomic E-state index is 0. The van der Waals surface area contributed by atoms with Crippen molar-refractivity contribution in [3.8, 4) is 5.75 Å². The number of nitrogens with zero attached hydrogens (tertiary/aromatic N) is 1. The lowest BCUT2D eigenvalue weighted by molar-refractivity contribution is -0.134. The minimum atomic E-state index is -0.0249. The van der Waals surface area contributed by atoms with Crippen LogP contribution >= 0.6 is 12.4 Å². The van der Waals surface area contributed by atoms with Gasteiger partial charge in [0.05, 0.1) is 6.61 Å². The minimum Gasteiger partial charge on any atom is -0.494 e. The van der Waals surface area contributed by atoms with E-state index in [4.69, 9.17) is 10.5 Å². The number of carbonyl (C=O) groups is 2. The number of hydrogen-bond acceptors (Lipinski definition) is 4. The summed E-state index contributed by atoms with van der Waals surface area (Å²) >= 11 is 0. The number of ether oxygens (including phenoxy) is 1. The molecule has 0 spiro atoms. The standard InChI is InChI=1S/C19H28N2O3.ClH/c1-14(22)15-6-8-16(9-7-15)24-12-4-5-18(23)21-11-10-17(20)19(2,3)13-21;/h6-9,17H,4-5,10-13,20H2,1-3H3;1H. The highest BCUT2D eigenvalue weighted by molar-refractivity contribution is 5.94. The Morgan fingerprint density at radius 1 is 1.28 bits per heavy atom. The highest BCUT2D eigenvalue weighted by Crippen LogP contribution is 2.28. The van der Waals surface area contributed by atoms with Gasteiger partial charge in [-0.15, -0.1) is 12.4 Å². The fourth-order valence-electron chi connectivity index (χ4n) is 2.94. The van der Waals surface area contributed by atoms with Crippen molar-refractivity contribution in [2.75, 3.05) is 19.7 Å². The van der Waals surface area contributed by atoms with E-state index in [0.717, 1.165) is 25.3 Å². The zero-order valence-electron chi connectivity index (χ0n) is 15.3. The third-order valence-electron chi connectivity index (χ3n) is 4.73. The number of piperidine rings is 1. The van der Waals surface area contributed by atoms with Crippen molar-refractivity contribution in [1.29, 1.82) is 0 Å². The van der Waals surface area contributed by atoms with Crippen LogP contribution in [0.1, 0.15) is 50.4 Å². The summed E-state index contributed by atoms with van der Waals surface area (Å²) in [7, 11) is 0. The molecule has 5 nitrogen and oxygen atoms in total. The molecular weight excluding hydrogens is 340 g/mol. The van der Waals surface area contributed by atoms with Gasteiger partial charge in [-0.2, -0.15) is 0 Å². The first-order valence-electron chi connectivity index (χ1n) is 8.57. The molecule has 2 N–H and O–H groups in total. The fourth-order valence-corrected chi connectivity index (χ4v) is 2.94. The summed E-state index contributed by atoms with van der Waals surface area (Å²) in [5.74, 6) is 0.930. The Labute approximate surface area is 156 Å². The van der Waals surface area contributed by atoms with Crippen LogP contribution in [0.25, 0.3) is 0 Å². The maximum Gasteiger partial charge on any atom is 0.222 e. The number of halogens is 1. The Bertz CT molecular complexity index is 587. The third kappa shape index (κ3) is 6.01. The summed E-state index contributed by atoms with van der Waals surface area (Å²) in [6, 6.07) is 7.23. The topological polar surface area (TPSA) is 72.6 Å². The molecule has 1 aliphatic heterocycles. The number of nitrogens with two attached hydrogens (primary N) is 1. The van der Waals surface area contributed by atoms with Crippen molar-refractivity contribution >= 4 is 24.1 Å². The molecule has 1 unspecified atom stereocenters. The number of benzene rings is 1. The van der Waals surface area contributed by atoms with E-state index in [1.165, 1.54) is 6.92 Å². The van der Waals surface area contributed by atoms with Crippen LogP contribution in [0.15, 0.2) is 24.3 Å². The first-order valence-corrected chi connectivity index (χ1v) is 8.57. The molecule has 25 heavy (non-hydrogen) atoms. The predicted molar refractivity (Wildman–Crippen MR) is 101 cm³/mol. The van der Waals surface area contributed by atoms with E-state index < -0.39 is 0 Å². The molecule has 1 aliphatic rings. The van der Waals surface area contributed by atoms with Gasteiger partial charge in [0.25, 0.3) is 0 Å². The summed E-state index contributed by atoms with van der Waals surface area (Å²) in [5, 5.41) is 0. The molecular formula is C19H29ClN2O3. The van der Waals surface area contributed by atoms with Crippen LogP contribution in [0.3, 0.4) is 0 Å². The molecule has 0 bridgehead atoms. The fraction of sp³-hybridized carbons (Fsp3) is 0.579. The summed E-state index contributed by atoms with van der Waals surface area (Å²) in [5.41, 5.74) is 6.76. The van der Waals surface area contributed by atoms with Crippen molar-refractivity contribution in [2.45, 2.75) is 46.1 Å². The van der Waals surface area contributed by atoms with Gasteiger partial charge in [-0.3, -0.25) is 9.59 Å². The van der Waals surface area contributed by atoms with Crippen molar-refractivity contribution in [3.63, 3.8) is 0 Å². The van der Waals surface area contributed by atoms with Crippen molar-refractivity contribution in [3.05, 3.63) is 29.8 Å². The highest BCUT2D eigenvalue weighted by atomic mass is 35.5. The second kappa shape index (κ2) is 9.20. The van der Waals surface area contributed by atoms with Gasteiger partial charge >= 0.3 is 0 Å². The number of ketones is 1. The molecule has 1 amide bonds. The van der Waals surface area contributed by atoms with E-state index in [2.05, 4.69) is 13.8 Å². The molecule has 1 aromatic rings. The molecule has 1 saturated heterocycles. The Balaban J connectivity index is 0.00000312. The van der Waals surface area contributed by atoms with E-state index in [0.29, 0.717) is 25.0 Å². The molecule has 2 rings (SSSR count). The highest BCUT2D eigenvalue weighted by Gasteiger charge is 2.34. The largest absolute Gasteiger partial charge is 0.494 e. The van der Waals surface area contributed by atoms with Gasteiger partial charge in [0.15, 0.2) is 5.78 Å².